The molecule has 3 aromatic rings. The fourth-order valence-corrected chi connectivity index (χ4v) is 3.86. The van der Waals surface area contributed by atoms with Crippen molar-refractivity contribution in [1.29, 1.82) is 0 Å². The molecular formula is C25H23N3O3. The summed E-state index contributed by atoms with van der Waals surface area (Å²) in [5.74, 6) is -0.532. The number of rotatable bonds is 6. The highest BCUT2D eigenvalue weighted by Crippen LogP contribution is 2.25. The maximum atomic E-state index is 12.2. The lowest BCUT2D eigenvalue weighted by Crippen LogP contribution is -2.51. The Labute approximate surface area is 180 Å². The van der Waals surface area contributed by atoms with E-state index in [4.69, 9.17) is 0 Å². The van der Waals surface area contributed by atoms with Crippen molar-refractivity contribution in [3.05, 3.63) is 78.0 Å². The molecule has 0 bridgehead atoms. The van der Waals surface area contributed by atoms with Crippen molar-refractivity contribution in [2.24, 2.45) is 0 Å². The van der Waals surface area contributed by atoms with Crippen LogP contribution in [-0.4, -0.2) is 41.1 Å². The first-order chi connectivity index (χ1) is 15.0. The van der Waals surface area contributed by atoms with E-state index in [-0.39, 0.29) is 11.8 Å². The van der Waals surface area contributed by atoms with Gasteiger partial charge in [0.2, 0.25) is 11.8 Å². The topological polar surface area (TPSA) is 79.4 Å². The molecule has 2 amide bonds. The second-order valence-electron chi connectivity index (χ2n) is 7.71. The minimum absolute atomic E-state index is 0.241. The van der Waals surface area contributed by atoms with Crippen LogP contribution < -0.4 is 5.32 Å². The number of hydrogen-bond donors (Lipinski definition) is 1. The molecular weight excluding hydrogens is 390 g/mol. The highest BCUT2D eigenvalue weighted by molar-refractivity contribution is 6.00. The fourth-order valence-electron chi connectivity index (χ4n) is 3.86. The summed E-state index contributed by atoms with van der Waals surface area (Å²) in [4.78, 5) is 41.7. The van der Waals surface area contributed by atoms with Gasteiger partial charge in [-0.15, -0.1) is 0 Å². The van der Waals surface area contributed by atoms with Gasteiger partial charge < -0.3 is 0 Å². The van der Waals surface area contributed by atoms with Gasteiger partial charge >= 0.3 is 0 Å². The number of carbonyl (C=O) groups excluding carboxylic acids is 3. The summed E-state index contributed by atoms with van der Waals surface area (Å²) in [6.45, 7) is 0.413. The highest BCUT2D eigenvalue weighted by Gasteiger charge is 2.30. The minimum Gasteiger partial charge on any atom is -0.298 e. The highest BCUT2D eigenvalue weighted by atomic mass is 16.2. The van der Waals surface area contributed by atoms with Crippen LogP contribution in [0.4, 0.5) is 0 Å². The molecule has 0 aliphatic carbocycles. The molecule has 0 radical (unpaired) electrons. The van der Waals surface area contributed by atoms with E-state index in [1.165, 1.54) is 0 Å². The van der Waals surface area contributed by atoms with Crippen LogP contribution in [0.25, 0.3) is 22.4 Å². The van der Waals surface area contributed by atoms with Gasteiger partial charge in [0.1, 0.15) is 6.29 Å². The molecule has 1 fully saturated rings. The molecule has 0 saturated carbocycles. The van der Waals surface area contributed by atoms with Crippen LogP contribution in [0.3, 0.4) is 0 Å². The number of nitrogens with zero attached hydrogens (tertiary/aromatic N) is 2. The molecule has 1 N–H and O–H groups in total. The number of likely N-dealkylation sites (N-methyl/N-ethyl adjacent to an activating group) is 1. The number of piperidine rings is 1. The van der Waals surface area contributed by atoms with E-state index in [2.05, 4.69) is 10.3 Å². The number of carbonyl (C=O) groups is 3. The normalized spacial score (nSPS) is 16.3. The zero-order valence-corrected chi connectivity index (χ0v) is 17.2. The molecule has 4 rings (SSSR count). The lowest BCUT2D eigenvalue weighted by atomic mass is 9.99. The van der Waals surface area contributed by atoms with Gasteiger partial charge in [-0.1, -0.05) is 48.5 Å². The average molecular weight is 413 g/mol. The lowest BCUT2D eigenvalue weighted by Gasteiger charge is -2.30. The third-order valence-electron chi connectivity index (χ3n) is 5.60. The first-order valence-electron chi connectivity index (χ1n) is 10.2. The van der Waals surface area contributed by atoms with Gasteiger partial charge in [-0.2, -0.15) is 0 Å². The molecule has 1 aliphatic heterocycles. The molecule has 2 aromatic carbocycles. The van der Waals surface area contributed by atoms with Crippen molar-refractivity contribution < 1.29 is 14.4 Å². The summed E-state index contributed by atoms with van der Waals surface area (Å²) >= 11 is 0. The Kier molecular flexibility index (Phi) is 6.00. The van der Waals surface area contributed by atoms with Gasteiger partial charge in [-0.3, -0.25) is 29.6 Å². The second kappa shape index (κ2) is 9.02. The van der Waals surface area contributed by atoms with Gasteiger partial charge in [0.05, 0.1) is 11.7 Å². The molecule has 1 unspecified atom stereocenters. The molecule has 1 aliphatic rings. The first kappa shape index (κ1) is 20.6. The number of imide groups is 1. The van der Waals surface area contributed by atoms with Gasteiger partial charge in [-0.05, 0) is 36.7 Å². The molecule has 31 heavy (non-hydrogen) atoms. The van der Waals surface area contributed by atoms with E-state index < -0.39 is 6.04 Å². The number of aldehydes is 1. The van der Waals surface area contributed by atoms with Crippen molar-refractivity contribution in [2.75, 3.05) is 7.05 Å². The summed E-state index contributed by atoms with van der Waals surface area (Å²) in [6, 6.07) is 19.2. The molecule has 1 saturated heterocycles. The number of amides is 2. The third-order valence-corrected chi connectivity index (χ3v) is 5.60. The van der Waals surface area contributed by atoms with Crippen LogP contribution in [0.1, 0.15) is 28.8 Å². The smallest absolute Gasteiger partial charge is 0.243 e. The number of aromatic nitrogens is 1. The molecule has 0 spiro atoms. The van der Waals surface area contributed by atoms with Crippen LogP contribution in [0.2, 0.25) is 0 Å². The molecule has 1 atom stereocenters. The Morgan fingerprint density at radius 1 is 1.03 bits per heavy atom. The molecule has 2 heterocycles. The maximum Gasteiger partial charge on any atom is 0.243 e. The van der Waals surface area contributed by atoms with E-state index in [1.54, 1.807) is 6.07 Å². The van der Waals surface area contributed by atoms with E-state index in [9.17, 15) is 14.4 Å². The van der Waals surface area contributed by atoms with Crippen molar-refractivity contribution in [1.82, 2.24) is 15.2 Å². The largest absolute Gasteiger partial charge is 0.298 e. The van der Waals surface area contributed by atoms with E-state index >= 15 is 0 Å². The molecule has 6 nitrogen and oxygen atoms in total. The molecule has 1 aromatic heterocycles. The zero-order chi connectivity index (χ0) is 21.8. The van der Waals surface area contributed by atoms with Crippen LogP contribution >= 0.6 is 0 Å². The van der Waals surface area contributed by atoms with Crippen LogP contribution in [0.5, 0.6) is 0 Å². The second-order valence-corrected chi connectivity index (χ2v) is 7.71. The van der Waals surface area contributed by atoms with Gasteiger partial charge in [0, 0.05) is 35.9 Å². The SMILES string of the molecule is CN(Cc1cc(-c2ccc(-c3ccccc3)cn2)ccc1C=O)C1CCC(=O)NC1=O. The van der Waals surface area contributed by atoms with Crippen molar-refractivity contribution in [3.63, 3.8) is 0 Å². The van der Waals surface area contributed by atoms with E-state index in [0.29, 0.717) is 24.9 Å². The van der Waals surface area contributed by atoms with Gasteiger partial charge in [0.25, 0.3) is 0 Å². The van der Waals surface area contributed by atoms with Crippen molar-refractivity contribution >= 4 is 18.1 Å². The Morgan fingerprint density at radius 2 is 1.81 bits per heavy atom. The summed E-state index contributed by atoms with van der Waals surface area (Å²) < 4.78 is 0. The van der Waals surface area contributed by atoms with Crippen LogP contribution in [0.15, 0.2) is 66.9 Å². The number of benzene rings is 2. The molecule has 6 heteroatoms. The fraction of sp³-hybridized carbons (Fsp3) is 0.200. The Morgan fingerprint density at radius 3 is 2.48 bits per heavy atom. The van der Waals surface area contributed by atoms with E-state index in [1.807, 2.05) is 72.7 Å². The summed E-state index contributed by atoms with van der Waals surface area (Å²) in [7, 11) is 1.83. The predicted molar refractivity (Wildman–Crippen MR) is 118 cm³/mol. The number of hydrogen-bond acceptors (Lipinski definition) is 5. The monoisotopic (exact) mass is 413 g/mol. The Hall–Kier alpha value is -3.64. The number of pyridine rings is 1. The number of nitrogens with one attached hydrogen (secondary N) is 1. The summed E-state index contributed by atoms with van der Waals surface area (Å²) in [5.41, 5.74) is 5.23. The minimum atomic E-state index is -0.399. The van der Waals surface area contributed by atoms with Gasteiger partial charge in [-0.25, -0.2) is 0 Å². The van der Waals surface area contributed by atoms with Gasteiger partial charge in [0.15, 0.2) is 0 Å². The van der Waals surface area contributed by atoms with Crippen molar-refractivity contribution in [2.45, 2.75) is 25.4 Å². The van der Waals surface area contributed by atoms with Crippen molar-refractivity contribution in [3.8, 4) is 22.4 Å². The summed E-state index contributed by atoms with van der Waals surface area (Å²) in [5, 5.41) is 2.38. The Bertz CT molecular complexity index is 1110. The van der Waals surface area contributed by atoms with Crippen LogP contribution in [0, 0.1) is 0 Å². The zero-order valence-electron chi connectivity index (χ0n) is 17.2. The lowest BCUT2D eigenvalue weighted by molar-refractivity contribution is -0.137. The average Bonchev–Trinajstić information content (AvgIpc) is 2.79. The van der Waals surface area contributed by atoms with E-state index in [0.717, 1.165) is 34.2 Å². The third kappa shape index (κ3) is 4.59. The molecule has 156 valence electrons. The maximum absolute atomic E-state index is 12.2. The summed E-state index contributed by atoms with van der Waals surface area (Å²) in [6.07, 6.45) is 3.45. The first-order valence-corrected chi connectivity index (χ1v) is 10.2. The van der Waals surface area contributed by atoms with Crippen LogP contribution in [-0.2, 0) is 16.1 Å². The Balaban J connectivity index is 1.57. The quantitative estimate of drug-likeness (QED) is 0.495. The predicted octanol–water partition coefficient (Wildman–Crippen LogP) is 3.47. The standard InChI is InChI=1S/C25H23N3O3/c1-28(23-11-12-24(30)27-25(23)31)15-21-13-18(7-8-20(21)16-29)22-10-9-19(14-26-22)17-5-3-2-4-6-17/h2-10,13-14,16,23H,11-12,15H2,1H3,(H,27,30,31).